The van der Waals surface area contributed by atoms with Crippen molar-refractivity contribution < 1.29 is 4.39 Å². The van der Waals surface area contributed by atoms with Gasteiger partial charge in [-0.1, -0.05) is 24.3 Å². The smallest absolute Gasteiger partial charge is 0.139 e. The molecule has 0 atom stereocenters. The van der Waals surface area contributed by atoms with E-state index in [9.17, 15) is 4.39 Å². The minimum Gasteiger partial charge on any atom is -0.397 e. The summed E-state index contributed by atoms with van der Waals surface area (Å²) in [5.41, 5.74) is 9.31. The number of rotatable bonds is 3. The zero-order chi connectivity index (χ0) is 13.1. The first-order chi connectivity index (χ1) is 8.58. The maximum atomic E-state index is 13.2. The highest BCUT2D eigenvalue weighted by molar-refractivity contribution is 9.10. The number of nitrogens with one attached hydrogen (secondary N) is 1. The highest BCUT2D eigenvalue weighted by atomic mass is 79.9. The lowest BCUT2D eigenvalue weighted by Gasteiger charge is -2.12. The molecule has 0 heterocycles. The molecule has 0 unspecified atom stereocenters. The summed E-state index contributed by atoms with van der Waals surface area (Å²) in [6.45, 7) is 2.72. The van der Waals surface area contributed by atoms with Gasteiger partial charge in [-0.3, -0.25) is 0 Å². The molecule has 0 saturated carbocycles. The molecule has 18 heavy (non-hydrogen) atoms. The van der Waals surface area contributed by atoms with Crippen LogP contribution in [-0.4, -0.2) is 0 Å². The predicted octanol–water partition coefficient (Wildman–Crippen LogP) is 4.09. The normalized spacial score (nSPS) is 10.4. The lowest BCUT2D eigenvalue weighted by molar-refractivity contribution is 0.622. The van der Waals surface area contributed by atoms with Crippen molar-refractivity contribution in [1.29, 1.82) is 0 Å². The molecule has 0 radical (unpaired) electrons. The number of aryl methyl sites for hydroxylation is 1. The van der Waals surface area contributed by atoms with Crippen LogP contribution in [0, 0.1) is 12.7 Å². The average Bonchev–Trinajstić information content (AvgIpc) is 2.34. The Labute approximate surface area is 114 Å². The van der Waals surface area contributed by atoms with Crippen LogP contribution in [0.15, 0.2) is 40.9 Å². The third kappa shape index (κ3) is 2.82. The summed E-state index contributed by atoms with van der Waals surface area (Å²) < 4.78 is 13.6. The maximum Gasteiger partial charge on any atom is 0.139 e. The third-order valence-corrected chi connectivity index (χ3v) is 3.43. The van der Waals surface area contributed by atoms with Crippen LogP contribution < -0.4 is 11.1 Å². The van der Waals surface area contributed by atoms with Gasteiger partial charge in [-0.05, 0) is 40.0 Å². The van der Waals surface area contributed by atoms with Crippen molar-refractivity contribution in [2.75, 3.05) is 11.1 Å². The molecular weight excluding hydrogens is 295 g/mol. The van der Waals surface area contributed by atoms with Crippen LogP contribution in [0.25, 0.3) is 0 Å². The van der Waals surface area contributed by atoms with Gasteiger partial charge in [0.05, 0.1) is 15.8 Å². The Bertz CT molecular complexity index is 570. The molecule has 94 valence electrons. The first-order valence-electron chi connectivity index (χ1n) is 5.61. The Morgan fingerprint density at radius 2 is 2.00 bits per heavy atom. The van der Waals surface area contributed by atoms with Gasteiger partial charge in [0, 0.05) is 12.6 Å². The van der Waals surface area contributed by atoms with Gasteiger partial charge >= 0.3 is 0 Å². The Morgan fingerprint density at radius 3 is 2.72 bits per heavy atom. The van der Waals surface area contributed by atoms with E-state index in [1.807, 2.05) is 12.1 Å². The molecule has 0 aliphatic heterocycles. The standard InChI is InChI=1S/C14H14BrFN2/c1-9-4-2-3-5-10(9)8-18-14-6-11(15)12(16)7-13(14)17/h2-7,18H,8,17H2,1H3. The second-order valence-corrected chi connectivity index (χ2v) is 4.99. The van der Waals surface area contributed by atoms with Gasteiger partial charge in [0.15, 0.2) is 0 Å². The van der Waals surface area contributed by atoms with Crippen LogP contribution in [0.4, 0.5) is 15.8 Å². The van der Waals surface area contributed by atoms with Crippen LogP contribution in [0.3, 0.4) is 0 Å². The molecule has 0 amide bonds. The predicted molar refractivity (Wildman–Crippen MR) is 77.0 cm³/mol. The quantitative estimate of drug-likeness (QED) is 0.838. The highest BCUT2D eigenvalue weighted by Gasteiger charge is 2.06. The van der Waals surface area contributed by atoms with E-state index in [0.29, 0.717) is 16.7 Å². The van der Waals surface area contributed by atoms with Crippen LogP contribution in [0.5, 0.6) is 0 Å². The van der Waals surface area contributed by atoms with Gasteiger partial charge in [0.2, 0.25) is 0 Å². The van der Waals surface area contributed by atoms with E-state index >= 15 is 0 Å². The monoisotopic (exact) mass is 308 g/mol. The van der Waals surface area contributed by atoms with E-state index in [0.717, 1.165) is 5.69 Å². The van der Waals surface area contributed by atoms with Crippen molar-refractivity contribution in [1.82, 2.24) is 0 Å². The van der Waals surface area contributed by atoms with Crippen molar-refractivity contribution in [3.63, 3.8) is 0 Å². The van der Waals surface area contributed by atoms with E-state index in [4.69, 9.17) is 5.73 Å². The molecule has 0 aliphatic carbocycles. The van der Waals surface area contributed by atoms with E-state index in [1.54, 1.807) is 6.07 Å². The topological polar surface area (TPSA) is 38.0 Å². The molecule has 0 bridgehead atoms. The molecule has 0 aromatic heterocycles. The van der Waals surface area contributed by atoms with Gasteiger partial charge in [0.25, 0.3) is 0 Å². The van der Waals surface area contributed by atoms with Crippen molar-refractivity contribution >= 4 is 27.3 Å². The van der Waals surface area contributed by atoms with Gasteiger partial charge < -0.3 is 11.1 Å². The first-order valence-corrected chi connectivity index (χ1v) is 6.40. The minimum absolute atomic E-state index is 0.353. The Morgan fingerprint density at radius 1 is 1.28 bits per heavy atom. The second kappa shape index (κ2) is 5.40. The summed E-state index contributed by atoms with van der Waals surface area (Å²) in [5.74, 6) is -0.353. The van der Waals surface area contributed by atoms with Gasteiger partial charge in [-0.2, -0.15) is 0 Å². The largest absolute Gasteiger partial charge is 0.397 e. The summed E-state index contributed by atoms with van der Waals surface area (Å²) in [6.07, 6.45) is 0. The molecule has 2 aromatic carbocycles. The Balaban J connectivity index is 2.16. The lowest BCUT2D eigenvalue weighted by atomic mass is 10.1. The number of anilines is 2. The van der Waals surface area contributed by atoms with Gasteiger partial charge in [-0.15, -0.1) is 0 Å². The number of halogens is 2. The maximum absolute atomic E-state index is 13.2. The SMILES string of the molecule is Cc1ccccc1CNc1cc(Br)c(F)cc1N. The first kappa shape index (κ1) is 12.9. The van der Waals surface area contributed by atoms with Gasteiger partial charge in [-0.25, -0.2) is 4.39 Å². The summed E-state index contributed by atoms with van der Waals surface area (Å²) >= 11 is 3.15. The minimum atomic E-state index is -0.353. The molecule has 3 N–H and O–H groups in total. The second-order valence-electron chi connectivity index (χ2n) is 4.13. The van der Waals surface area contributed by atoms with Crippen molar-refractivity contribution in [3.05, 3.63) is 57.8 Å². The molecule has 0 spiro atoms. The number of hydrogen-bond acceptors (Lipinski definition) is 2. The fraction of sp³-hybridized carbons (Fsp3) is 0.143. The van der Waals surface area contributed by atoms with E-state index in [1.165, 1.54) is 17.2 Å². The van der Waals surface area contributed by atoms with Gasteiger partial charge in [0.1, 0.15) is 5.82 Å². The summed E-state index contributed by atoms with van der Waals surface area (Å²) in [6, 6.07) is 11.1. The lowest BCUT2D eigenvalue weighted by Crippen LogP contribution is -2.04. The van der Waals surface area contributed by atoms with E-state index in [2.05, 4.69) is 40.3 Å². The number of benzene rings is 2. The number of nitrogens with two attached hydrogens (primary N) is 1. The molecule has 0 aliphatic rings. The molecule has 2 nitrogen and oxygen atoms in total. The van der Waals surface area contributed by atoms with E-state index in [-0.39, 0.29) is 5.82 Å². The summed E-state index contributed by atoms with van der Waals surface area (Å²) in [7, 11) is 0. The summed E-state index contributed by atoms with van der Waals surface area (Å²) in [5, 5.41) is 3.22. The van der Waals surface area contributed by atoms with Crippen molar-refractivity contribution in [3.8, 4) is 0 Å². The fourth-order valence-corrected chi connectivity index (χ4v) is 2.06. The van der Waals surface area contributed by atoms with E-state index < -0.39 is 0 Å². The van der Waals surface area contributed by atoms with Crippen LogP contribution in [-0.2, 0) is 6.54 Å². The van der Waals surface area contributed by atoms with Crippen LogP contribution in [0.1, 0.15) is 11.1 Å². The van der Waals surface area contributed by atoms with Crippen LogP contribution >= 0.6 is 15.9 Å². The molecule has 0 saturated heterocycles. The van der Waals surface area contributed by atoms with Crippen molar-refractivity contribution in [2.45, 2.75) is 13.5 Å². The fourth-order valence-electron chi connectivity index (χ4n) is 1.71. The van der Waals surface area contributed by atoms with Crippen LogP contribution in [0.2, 0.25) is 0 Å². The molecule has 2 rings (SSSR count). The molecule has 4 heteroatoms. The Hall–Kier alpha value is -1.55. The number of hydrogen-bond donors (Lipinski definition) is 2. The summed E-state index contributed by atoms with van der Waals surface area (Å²) in [4.78, 5) is 0. The Kier molecular flexibility index (Phi) is 3.87. The zero-order valence-corrected chi connectivity index (χ0v) is 11.6. The number of nitrogen functional groups attached to an aromatic ring is 1. The molecular formula is C14H14BrFN2. The zero-order valence-electron chi connectivity index (χ0n) is 10.0. The highest BCUT2D eigenvalue weighted by Crippen LogP contribution is 2.27. The third-order valence-electron chi connectivity index (χ3n) is 2.82. The molecule has 0 fully saturated rings. The average molecular weight is 309 g/mol. The van der Waals surface area contributed by atoms with Crippen molar-refractivity contribution in [2.24, 2.45) is 0 Å². The molecule has 2 aromatic rings.